The Balaban J connectivity index is 1.56. The number of aromatic nitrogens is 3. The number of benzene rings is 2. The number of nitrogens with zero attached hydrogens (tertiary/aromatic N) is 3. The van der Waals surface area contributed by atoms with Crippen molar-refractivity contribution in [1.29, 1.82) is 0 Å². The second-order valence-corrected chi connectivity index (χ2v) is 7.29. The van der Waals surface area contributed by atoms with E-state index in [4.69, 9.17) is 16.3 Å². The molecule has 0 aliphatic heterocycles. The van der Waals surface area contributed by atoms with E-state index in [1.807, 2.05) is 62.4 Å². The molecule has 2 heterocycles. The van der Waals surface area contributed by atoms with Gasteiger partial charge in [0, 0.05) is 28.2 Å². The molecular weight excluding hydrogens is 368 g/mol. The van der Waals surface area contributed by atoms with Crippen LogP contribution in [0.2, 0.25) is 5.02 Å². The molecule has 2 aromatic carbocycles. The summed E-state index contributed by atoms with van der Waals surface area (Å²) in [5, 5.41) is 4.80. The van der Waals surface area contributed by atoms with Gasteiger partial charge in [0.05, 0.1) is 10.2 Å². The van der Waals surface area contributed by atoms with Gasteiger partial charge in [0.2, 0.25) is 0 Å². The molecule has 0 radical (unpaired) electrons. The van der Waals surface area contributed by atoms with E-state index < -0.39 is 0 Å². The van der Waals surface area contributed by atoms with Crippen LogP contribution in [0.4, 0.5) is 10.8 Å². The SMILES string of the molecule is Cc1cc(C)nc(Oc2cccc(Nc3nc4ccc(Cl)cc4s3)c2)n1. The van der Waals surface area contributed by atoms with Crippen LogP contribution in [-0.2, 0) is 0 Å². The van der Waals surface area contributed by atoms with E-state index in [1.165, 1.54) is 0 Å². The maximum absolute atomic E-state index is 6.04. The van der Waals surface area contributed by atoms with Crippen molar-refractivity contribution in [3.8, 4) is 11.8 Å². The first-order chi connectivity index (χ1) is 12.5. The Morgan fingerprint density at radius 2 is 1.77 bits per heavy atom. The van der Waals surface area contributed by atoms with E-state index in [0.717, 1.165) is 32.4 Å². The zero-order valence-corrected chi connectivity index (χ0v) is 15.7. The number of ether oxygens (including phenoxy) is 1. The Labute approximate surface area is 159 Å². The average Bonchev–Trinajstić information content (AvgIpc) is 2.95. The molecule has 0 bridgehead atoms. The molecule has 1 N–H and O–H groups in total. The summed E-state index contributed by atoms with van der Waals surface area (Å²) in [7, 11) is 0. The summed E-state index contributed by atoms with van der Waals surface area (Å²) in [6, 6.07) is 15.5. The smallest absolute Gasteiger partial charge is 0.322 e. The Hall–Kier alpha value is -2.70. The minimum atomic E-state index is 0.342. The predicted octanol–water partition coefficient (Wildman–Crippen LogP) is 5.89. The van der Waals surface area contributed by atoms with Gasteiger partial charge in [-0.2, -0.15) is 0 Å². The van der Waals surface area contributed by atoms with Crippen LogP contribution in [0.25, 0.3) is 10.2 Å². The predicted molar refractivity (Wildman–Crippen MR) is 106 cm³/mol. The van der Waals surface area contributed by atoms with E-state index in [-0.39, 0.29) is 0 Å². The second kappa shape index (κ2) is 6.90. The molecule has 7 heteroatoms. The molecule has 5 nitrogen and oxygen atoms in total. The third kappa shape index (κ3) is 3.76. The highest BCUT2D eigenvalue weighted by Gasteiger charge is 2.07. The lowest BCUT2D eigenvalue weighted by Crippen LogP contribution is -1.96. The van der Waals surface area contributed by atoms with Gasteiger partial charge in [0.25, 0.3) is 0 Å². The summed E-state index contributed by atoms with van der Waals surface area (Å²) >= 11 is 7.59. The van der Waals surface area contributed by atoms with Crippen molar-refractivity contribution >= 4 is 44.0 Å². The van der Waals surface area contributed by atoms with Gasteiger partial charge in [-0.15, -0.1) is 0 Å². The van der Waals surface area contributed by atoms with Crippen LogP contribution < -0.4 is 10.1 Å². The molecule has 4 rings (SSSR count). The maximum atomic E-state index is 6.04. The lowest BCUT2D eigenvalue weighted by molar-refractivity contribution is 0.439. The minimum Gasteiger partial charge on any atom is -0.424 e. The largest absolute Gasteiger partial charge is 0.424 e. The maximum Gasteiger partial charge on any atom is 0.322 e. The van der Waals surface area contributed by atoms with Gasteiger partial charge < -0.3 is 10.1 Å². The fourth-order valence-electron chi connectivity index (χ4n) is 2.56. The van der Waals surface area contributed by atoms with Crippen LogP contribution in [0.1, 0.15) is 11.4 Å². The van der Waals surface area contributed by atoms with Gasteiger partial charge in [0.15, 0.2) is 5.13 Å². The van der Waals surface area contributed by atoms with Crippen LogP contribution in [0.5, 0.6) is 11.8 Å². The highest BCUT2D eigenvalue weighted by molar-refractivity contribution is 7.22. The minimum absolute atomic E-state index is 0.342. The van der Waals surface area contributed by atoms with E-state index in [1.54, 1.807) is 11.3 Å². The van der Waals surface area contributed by atoms with Gasteiger partial charge in [-0.1, -0.05) is 29.0 Å². The molecule has 2 aromatic heterocycles. The van der Waals surface area contributed by atoms with Crippen molar-refractivity contribution in [2.45, 2.75) is 13.8 Å². The number of fused-ring (bicyclic) bond motifs is 1. The molecule has 26 heavy (non-hydrogen) atoms. The van der Waals surface area contributed by atoms with Crippen LogP contribution in [0, 0.1) is 13.8 Å². The number of aryl methyl sites for hydroxylation is 2. The Kier molecular flexibility index (Phi) is 4.44. The van der Waals surface area contributed by atoms with Crippen molar-refractivity contribution < 1.29 is 4.74 Å². The normalized spacial score (nSPS) is 10.9. The van der Waals surface area contributed by atoms with Crippen LogP contribution in [-0.4, -0.2) is 15.0 Å². The molecule has 0 aliphatic carbocycles. The van der Waals surface area contributed by atoms with Crippen LogP contribution >= 0.6 is 22.9 Å². The van der Waals surface area contributed by atoms with Crippen molar-refractivity contribution in [1.82, 2.24) is 15.0 Å². The molecule has 4 aromatic rings. The molecule has 0 fully saturated rings. The number of nitrogens with one attached hydrogen (secondary N) is 1. The topological polar surface area (TPSA) is 59.9 Å². The number of halogens is 1. The first-order valence-corrected chi connectivity index (χ1v) is 9.18. The molecule has 0 saturated carbocycles. The Morgan fingerprint density at radius 3 is 2.58 bits per heavy atom. The van der Waals surface area contributed by atoms with Gasteiger partial charge in [-0.05, 0) is 50.2 Å². The zero-order valence-electron chi connectivity index (χ0n) is 14.2. The fraction of sp³-hybridized carbons (Fsp3) is 0.105. The van der Waals surface area contributed by atoms with Gasteiger partial charge in [-0.25, -0.2) is 15.0 Å². The summed E-state index contributed by atoms with van der Waals surface area (Å²) < 4.78 is 6.83. The third-order valence-corrected chi connectivity index (χ3v) is 4.78. The summed E-state index contributed by atoms with van der Waals surface area (Å²) in [4.78, 5) is 13.2. The van der Waals surface area contributed by atoms with Crippen molar-refractivity contribution in [3.63, 3.8) is 0 Å². The van der Waals surface area contributed by atoms with Crippen molar-refractivity contribution in [2.75, 3.05) is 5.32 Å². The monoisotopic (exact) mass is 382 g/mol. The molecule has 0 aliphatic rings. The highest BCUT2D eigenvalue weighted by Crippen LogP contribution is 2.31. The highest BCUT2D eigenvalue weighted by atomic mass is 35.5. The first kappa shape index (κ1) is 16.8. The fourth-order valence-corrected chi connectivity index (χ4v) is 3.72. The number of hydrogen-bond donors (Lipinski definition) is 1. The van der Waals surface area contributed by atoms with Gasteiger partial charge in [-0.3, -0.25) is 0 Å². The molecule has 0 spiro atoms. The second-order valence-electron chi connectivity index (χ2n) is 5.82. The lowest BCUT2D eigenvalue weighted by Gasteiger charge is -2.08. The molecular formula is C19H15ClN4OS. The quantitative estimate of drug-likeness (QED) is 0.476. The number of rotatable bonds is 4. The molecule has 0 atom stereocenters. The number of hydrogen-bond acceptors (Lipinski definition) is 6. The van der Waals surface area contributed by atoms with E-state index in [2.05, 4.69) is 20.3 Å². The average molecular weight is 383 g/mol. The van der Waals surface area contributed by atoms with Crippen LogP contribution in [0.15, 0.2) is 48.5 Å². The summed E-state index contributed by atoms with van der Waals surface area (Å²) in [6.07, 6.45) is 0. The van der Waals surface area contributed by atoms with Gasteiger partial charge in [0.1, 0.15) is 5.75 Å². The van der Waals surface area contributed by atoms with Gasteiger partial charge >= 0.3 is 6.01 Å². The molecule has 0 amide bonds. The Morgan fingerprint density at radius 1 is 0.962 bits per heavy atom. The standard InChI is InChI=1S/C19H15ClN4OS/c1-11-8-12(2)22-18(21-11)25-15-5-3-4-14(10-15)23-19-24-16-7-6-13(20)9-17(16)26-19/h3-10H,1-2H3,(H,23,24). The van der Waals surface area contributed by atoms with Crippen LogP contribution in [0.3, 0.4) is 0 Å². The number of anilines is 2. The molecule has 130 valence electrons. The van der Waals surface area contributed by atoms with Crippen molar-refractivity contribution in [2.24, 2.45) is 0 Å². The summed E-state index contributed by atoms with van der Waals surface area (Å²) in [5.74, 6) is 0.657. The zero-order chi connectivity index (χ0) is 18.1. The van der Waals surface area contributed by atoms with Crippen molar-refractivity contribution in [3.05, 3.63) is 64.9 Å². The first-order valence-electron chi connectivity index (χ1n) is 7.98. The summed E-state index contributed by atoms with van der Waals surface area (Å²) in [6.45, 7) is 3.83. The molecule has 0 saturated heterocycles. The lowest BCUT2D eigenvalue weighted by atomic mass is 10.3. The van der Waals surface area contributed by atoms with E-state index >= 15 is 0 Å². The summed E-state index contributed by atoms with van der Waals surface area (Å²) in [5.41, 5.74) is 3.53. The molecule has 0 unspecified atom stereocenters. The third-order valence-electron chi connectivity index (χ3n) is 3.61. The Bertz CT molecular complexity index is 1080. The van der Waals surface area contributed by atoms with E-state index in [9.17, 15) is 0 Å². The van der Waals surface area contributed by atoms with E-state index in [0.29, 0.717) is 16.8 Å². The number of thiazole rings is 1.